The van der Waals surface area contributed by atoms with Crippen molar-refractivity contribution in [1.82, 2.24) is 20.1 Å². The Kier molecular flexibility index (Phi) is 6.44. The van der Waals surface area contributed by atoms with Crippen molar-refractivity contribution in [2.24, 2.45) is 0 Å². The average Bonchev–Trinajstić information content (AvgIpc) is 3.10. The van der Waals surface area contributed by atoms with Crippen molar-refractivity contribution in [2.75, 3.05) is 24.2 Å². The molecule has 128 valence electrons. The third-order valence-electron chi connectivity index (χ3n) is 3.48. The highest BCUT2D eigenvalue weighted by Crippen LogP contribution is 2.15. The maximum atomic E-state index is 12.1. The Labute approximate surface area is 140 Å². The lowest BCUT2D eigenvalue weighted by atomic mass is 10.2. The zero-order chi connectivity index (χ0) is 17.4. The number of benzene rings is 1. The number of nitrogens with one attached hydrogen (secondary N) is 3. The highest BCUT2D eigenvalue weighted by Gasteiger charge is 2.15. The van der Waals surface area contributed by atoms with E-state index >= 15 is 0 Å². The van der Waals surface area contributed by atoms with Crippen LogP contribution in [0.5, 0.6) is 0 Å². The van der Waals surface area contributed by atoms with Gasteiger partial charge in [-0.2, -0.15) is 5.10 Å². The molecule has 8 nitrogen and oxygen atoms in total. The van der Waals surface area contributed by atoms with E-state index in [1.165, 1.54) is 17.3 Å². The predicted octanol–water partition coefficient (Wildman–Crippen LogP) is 1.42. The van der Waals surface area contributed by atoms with Gasteiger partial charge in [-0.15, -0.1) is 0 Å². The quantitative estimate of drug-likeness (QED) is 0.636. The van der Waals surface area contributed by atoms with Crippen molar-refractivity contribution in [3.05, 3.63) is 36.9 Å². The van der Waals surface area contributed by atoms with Gasteiger partial charge < -0.3 is 16.0 Å². The highest BCUT2D eigenvalue weighted by molar-refractivity contribution is 5.94. The first kappa shape index (κ1) is 17.6. The van der Waals surface area contributed by atoms with Gasteiger partial charge in [-0.05, 0) is 51.2 Å². The van der Waals surface area contributed by atoms with E-state index in [1.54, 1.807) is 31.2 Å². The lowest BCUT2D eigenvalue weighted by Crippen LogP contribution is -2.24. The number of amides is 2. The summed E-state index contributed by atoms with van der Waals surface area (Å²) >= 11 is 0. The van der Waals surface area contributed by atoms with Crippen LogP contribution in [-0.4, -0.2) is 40.2 Å². The fraction of sp³-hybridized carbons (Fsp3) is 0.375. The summed E-state index contributed by atoms with van der Waals surface area (Å²) in [5.41, 5.74) is 1.35. The van der Waals surface area contributed by atoms with Crippen LogP contribution in [0, 0.1) is 0 Å². The molecule has 1 aromatic carbocycles. The van der Waals surface area contributed by atoms with Gasteiger partial charge in [0.05, 0.1) is 0 Å². The fourth-order valence-electron chi connectivity index (χ4n) is 2.07. The van der Waals surface area contributed by atoms with Gasteiger partial charge in [0.2, 0.25) is 11.8 Å². The van der Waals surface area contributed by atoms with E-state index in [1.807, 2.05) is 7.05 Å². The van der Waals surface area contributed by atoms with Gasteiger partial charge in [-0.25, -0.2) is 9.67 Å². The van der Waals surface area contributed by atoms with Gasteiger partial charge in [0.1, 0.15) is 18.7 Å². The molecule has 0 fully saturated rings. The molecule has 1 aromatic heterocycles. The smallest absolute Gasteiger partial charge is 0.249 e. The van der Waals surface area contributed by atoms with Crippen LogP contribution < -0.4 is 16.0 Å². The monoisotopic (exact) mass is 330 g/mol. The van der Waals surface area contributed by atoms with E-state index in [0.29, 0.717) is 17.8 Å². The van der Waals surface area contributed by atoms with Crippen molar-refractivity contribution in [3.8, 4) is 0 Å². The molecule has 0 saturated heterocycles. The number of nitrogens with zero attached hydrogens (tertiary/aromatic N) is 3. The average molecular weight is 330 g/mol. The van der Waals surface area contributed by atoms with Crippen LogP contribution in [0.3, 0.4) is 0 Å². The number of hydrogen-bond acceptors (Lipinski definition) is 5. The van der Waals surface area contributed by atoms with Crippen molar-refractivity contribution in [3.63, 3.8) is 0 Å². The van der Waals surface area contributed by atoms with Gasteiger partial charge in [0, 0.05) is 17.8 Å². The molecule has 2 aromatic rings. The fourth-order valence-corrected chi connectivity index (χ4v) is 2.07. The van der Waals surface area contributed by atoms with Gasteiger partial charge in [-0.1, -0.05) is 0 Å². The summed E-state index contributed by atoms with van der Waals surface area (Å²) in [6.07, 6.45) is 4.14. The second-order valence-corrected chi connectivity index (χ2v) is 5.37. The van der Waals surface area contributed by atoms with Crippen LogP contribution in [0.15, 0.2) is 36.9 Å². The predicted molar refractivity (Wildman–Crippen MR) is 91.6 cm³/mol. The number of carbonyl (C=O) groups is 2. The summed E-state index contributed by atoms with van der Waals surface area (Å²) in [5, 5.41) is 12.6. The molecule has 3 N–H and O–H groups in total. The summed E-state index contributed by atoms with van der Waals surface area (Å²) in [4.78, 5) is 27.7. The Balaban J connectivity index is 1.85. The number of hydrogen-bond donors (Lipinski definition) is 3. The summed E-state index contributed by atoms with van der Waals surface area (Å²) in [6, 6.07) is 6.54. The summed E-state index contributed by atoms with van der Waals surface area (Å²) in [5.74, 6) is -0.216. The van der Waals surface area contributed by atoms with Gasteiger partial charge >= 0.3 is 0 Å². The molecule has 0 radical (unpaired) electrons. The zero-order valence-corrected chi connectivity index (χ0v) is 13.8. The highest BCUT2D eigenvalue weighted by atomic mass is 16.2. The maximum absolute atomic E-state index is 12.1. The normalized spacial score (nSPS) is 11.8. The van der Waals surface area contributed by atoms with Gasteiger partial charge in [0.25, 0.3) is 0 Å². The number of aromatic nitrogens is 3. The maximum Gasteiger partial charge on any atom is 0.249 e. The van der Waals surface area contributed by atoms with Crippen LogP contribution in [0.25, 0.3) is 0 Å². The molecule has 0 aliphatic heterocycles. The SMILES string of the molecule is CNCCCC(=O)Nc1ccc(NC(=O)C(C)n2cncn2)cc1. The van der Waals surface area contributed by atoms with Crippen molar-refractivity contribution in [1.29, 1.82) is 0 Å². The first-order valence-corrected chi connectivity index (χ1v) is 7.79. The van der Waals surface area contributed by atoms with Gasteiger partial charge in [-0.3, -0.25) is 9.59 Å². The molecular weight excluding hydrogens is 308 g/mol. The second-order valence-electron chi connectivity index (χ2n) is 5.37. The minimum Gasteiger partial charge on any atom is -0.326 e. The van der Waals surface area contributed by atoms with E-state index in [4.69, 9.17) is 0 Å². The van der Waals surface area contributed by atoms with E-state index in [2.05, 4.69) is 26.0 Å². The van der Waals surface area contributed by atoms with E-state index < -0.39 is 6.04 Å². The molecule has 8 heteroatoms. The largest absolute Gasteiger partial charge is 0.326 e. The topological polar surface area (TPSA) is 101 Å². The molecule has 1 unspecified atom stereocenters. The van der Waals surface area contributed by atoms with E-state index in [0.717, 1.165) is 13.0 Å². The lowest BCUT2D eigenvalue weighted by molar-refractivity contribution is -0.119. The second kappa shape index (κ2) is 8.78. The number of carbonyl (C=O) groups excluding carboxylic acids is 2. The van der Waals surface area contributed by atoms with Crippen LogP contribution in [0.2, 0.25) is 0 Å². The minimum absolute atomic E-state index is 0.0261. The first-order chi connectivity index (χ1) is 11.6. The standard InChI is InChI=1S/C16H22N6O2/c1-12(22-11-18-10-19-22)16(24)21-14-7-5-13(6-8-14)20-15(23)4-3-9-17-2/h5-8,10-12,17H,3-4,9H2,1-2H3,(H,20,23)(H,21,24). The Hall–Kier alpha value is -2.74. The van der Waals surface area contributed by atoms with Crippen molar-refractivity contribution in [2.45, 2.75) is 25.8 Å². The molecule has 2 rings (SSSR count). The van der Waals surface area contributed by atoms with Crippen LogP contribution >= 0.6 is 0 Å². The minimum atomic E-state index is -0.459. The summed E-state index contributed by atoms with van der Waals surface area (Å²) < 4.78 is 1.48. The Morgan fingerprint density at radius 3 is 2.42 bits per heavy atom. The Morgan fingerprint density at radius 2 is 1.83 bits per heavy atom. The summed E-state index contributed by atoms with van der Waals surface area (Å²) in [6.45, 7) is 2.55. The molecule has 0 aliphatic carbocycles. The molecule has 0 spiro atoms. The zero-order valence-electron chi connectivity index (χ0n) is 13.8. The molecule has 0 saturated carbocycles. The van der Waals surface area contributed by atoms with Crippen molar-refractivity contribution >= 4 is 23.2 Å². The third kappa shape index (κ3) is 5.17. The molecule has 1 atom stereocenters. The molecular formula is C16H22N6O2. The third-order valence-corrected chi connectivity index (χ3v) is 3.48. The molecule has 24 heavy (non-hydrogen) atoms. The lowest BCUT2D eigenvalue weighted by Gasteiger charge is -2.12. The van der Waals surface area contributed by atoms with Crippen molar-refractivity contribution < 1.29 is 9.59 Å². The molecule has 1 heterocycles. The summed E-state index contributed by atoms with van der Waals surface area (Å²) in [7, 11) is 1.86. The number of rotatable bonds is 8. The van der Waals surface area contributed by atoms with Gasteiger partial charge in [0.15, 0.2) is 0 Å². The van der Waals surface area contributed by atoms with Crippen LogP contribution in [0.4, 0.5) is 11.4 Å². The van der Waals surface area contributed by atoms with E-state index in [-0.39, 0.29) is 11.8 Å². The first-order valence-electron chi connectivity index (χ1n) is 7.79. The molecule has 2 amide bonds. The Bertz CT molecular complexity index is 654. The molecule has 0 aliphatic rings. The van der Waals surface area contributed by atoms with E-state index in [9.17, 15) is 9.59 Å². The van der Waals surface area contributed by atoms with Crippen LogP contribution in [-0.2, 0) is 9.59 Å². The Morgan fingerprint density at radius 1 is 1.17 bits per heavy atom. The van der Waals surface area contributed by atoms with Crippen LogP contribution in [0.1, 0.15) is 25.8 Å². The number of anilines is 2. The molecule has 0 bridgehead atoms.